The van der Waals surface area contributed by atoms with E-state index in [1.54, 1.807) is 0 Å². The van der Waals surface area contributed by atoms with Crippen LogP contribution >= 0.6 is 18.9 Å². The molecule has 1 aliphatic carbocycles. The van der Waals surface area contributed by atoms with Gasteiger partial charge in [-0.15, -0.1) is 11.8 Å². The number of benzene rings is 2. The van der Waals surface area contributed by atoms with E-state index in [1.165, 1.54) is 5.57 Å². The molecule has 31 heavy (non-hydrogen) atoms. The zero-order valence-corrected chi connectivity index (χ0v) is 22.5. The average molecular weight is 473 g/mol. The summed E-state index contributed by atoms with van der Waals surface area (Å²) >= 11 is 1.89. The molecule has 2 atom stereocenters. The van der Waals surface area contributed by atoms with E-state index < -0.39 is 15.5 Å². The Morgan fingerprint density at radius 3 is 1.81 bits per heavy atom. The fourth-order valence-electron chi connectivity index (χ4n) is 4.89. The minimum atomic E-state index is -2.71. The Balaban J connectivity index is 1.89. The van der Waals surface area contributed by atoms with E-state index in [9.17, 15) is 4.57 Å². The summed E-state index contributed by atoms with van der Waals surface area (Å²) in [5, 5.41) is 1.88. The first kappa shape index (κ1) is 24.6. The van der Waals surface area contributed by atoms with Crippen LogP contribution in [0.5, 0.6) is 0 Å². The van der Waals surface area contributed by atoms with Crippen molar-refractivity contribution in [3.05, 3.63) is 72.3 Å². The third-order valence-corrected chi connectivity index (χ3v) is 11.9. The van der Waals surface area contributed by atoms with Crippen molar-refractivity contribution in [1.82, 2.24) is 0 Å². The van der Waals surface area contributed by atoms with Crippen LogP contribution in [0.15, 0.2) is 72.3 Å². The van der Waals surface area contributed by atoms with Gasteiger partial charge < -0.3 is 8.99 Å². The molecule has 1 aliphatic rings. The van der Waals surface area contributed by atoms with Crippen LogP contribution in [0.25, 0.3) is 0 Å². The van der Waals surface area contributed by atoms with Crippen molar-refractivity contribution in [1.29, 1.82) is 0 Å². The maximum absolute atomic E-state index is 14.3. The van der Waals surface area contributed by atoms with Gasteiger partial charge in [-0.3, -0.25) is 0 Å². The molecule has 2 nitrogen and oxygen atoms in total. The molecule has 1 fully saturated rings. The summed E-state index contributed by atoms with van der Waals surface area (Å²) in [5.41, 5.74) is 1.43. The predicted octanol–water partition coefficient (Wildman–Crippen LogP) is 6.90. The molecule has 1 saturated carbocycles. The van der Waals surface area contributed by atoms with Crippen molar-refractivity contribution >= 4 is 37.8 Å². The SMILES string of the molecule is CSC1(O[Si](C)(C)C)[C@H](C)CC(=CCP(=O)(c2ccccc2)c2ccccc2)C[C@H]1C. The standard InChI is InChI=1S/C26H37O2PSSi/c1-21-19-23(20-22(2)26(21,30-3)28-31(4,5)6)17-18-29(27,24-13-9-7-10-14-24)25-15-11-8-12-16-25/h7-17,21-22H,18-20H2,1-6H3/t21-,22-,26?/m1/s1. The number of thioether (sulfide) groups is 1. The topological polar surface area (TPSA) is 26.3 Å². The van der Waals surface area contributed by atoms with Gasteiger partial charge in [-0.2, -0.15) is 0 Å². The lowest BCUT2D eigenvalue weighted by molar-refractivity contribution is 0.0317. The summed E-state index contributed by atoms with van der Waals surface area (Å²) in [7, 11) is -4.37. The molecule has 3 rings (SSSR count). The van der Waals surface area contributed by atoms with Crippen molar-refractivity contribution < 1.29 is 8.99 Å². The van der Waals surface area contributed by atoms with E-state index in [0.29, 0.717) is 18.0 Å². The second-order valence-corrected chi connectivity index (χ2v) is 18.2. The summed E-state index contributed by atoms with van der Waals surface area (Å²) in [5.74, 6) is 0.856. The first-order valence-corrected chi connectivity index (χ1v) is 17.8. The minimum absolute atomic E-state index is 0.121. The summed E-state index contributed by atoms with van der Waals surface area (Å²) in [6, 6.07) is 20.0. The Bertz CT molecular complexity index is 879. The van der Waals surface area contributed by atoms with Crippen LogP contribution in [0.3, 0.4) is 0 Å². The maximum atomic E-state index is 14.3. The van der Waals surface area contributed by atoms with Crippen molar-refractivity contribution in [2.24, 2.45) is 11.8 Å². The van der Waals surface area contributed by atoms with E-state index >= 15 is 0 Å². The molecule has 0 N–H and O–H groups in total. The number of hydrogen-bond donors (Lipinski definition) is 0. The average Bonchev–Trinajstić information content (AvgIpc) is 2.75. The molecule has 0 saturated heterocycles. The lowest BCUT2D eigenvalue weighted by Crippen LogP contribution is -2.51. The molecule has 168 valence electrons. The molecular weight excluding hydrogens is 435 g/mol. The Hall–Kier alpha value is -1.06. The summed E-state index contributed by atoms with van der Waals surface area (Å²) in [6.07, 6.45) is 7.09. The number of allylic oxidation sites excluding steroid dienone is 2. The van der Waals surface area contributed by atoms with Gasteiger partial charge in [-0.1, -0.05) is 86.2 Å². The molecule has 0 aliphatic heterocycles. The normalized spacial score (nSPS) is 24.8. The maximum Gasteiger partial charge on any atom is 0.185 e. The van der Waals surface area contributed by atoms with Gasteiger partial charge in [-0.25, -0.2) is 0 Å². The van der Waals surface area contributed by atoms with Crippen LogP contribution in [0.2, 0.25) is 19.6 Å². The highest BCUT2D eigenvalue weighted by Gasteiger charge is 2.47. The highest BCUT2D eigenvalue weighted by Crippen LogP contribution is 2.51. The fourth-order valence-corrected chi connectivity index (χ4v) is 10.8. The van der Waals surface area contributed by atoms with Crippen LogP contribution < -0.4 is 10.6 Å². The molecule has 0 radical (unpaired) electrons. The summed E-state index contributed by atoms with van der Waals surface area (Å²) < 4.78 is 21.1. The highest BCUT2D eigenvalue weighted by molar-refractivity contribution is 7.99. The lowest BCUT2D eigenvalue weighted by Gasteiger charge is -2.50. The van der Waals surface area contributed by atoms with Crippen LogP contribution in [-0.2, 0) is 8.99 Å². The summed E-state index contributed by atoms with van der Waals surface area (Å²) in [4.78, 5) is -0.121. The Labute approximate surface area is 194 Å². The zero-order valence-electron chi connectivity index (χ0n) is 19.8. The third-order valence-electron chi connectivity index (χ3n) is 6.28. The molecule has 0 heterocycles. The molecule has 0 unspecified atom stereocenters. The van der Waals surface area contributed by atoms with Gasteiger partial charge >= 0.3 is 0 Å². The minimum Gasteiger partial charge on any atom is -0.403 e. The van der Waals surface area contributed by atoms with E-state index in [1.807, 2.05) is 72.4 Å². The molecule has 0 aromatic heterocycles. The van der Waals surface area contributed by atoms with Crippen LogP contribution in [0.1, 0.15) is 26.7 Å². The molecule has 2 aromatic rings. The number of rotatable bonds is 7. The predicted molar refractivity (Wildman–Crippen MR) is 141 cm³/mol. The van der Waals surface area contributed by atoms with Gasteiger partial charge in [-0.05, 0) is 50.6 Å². The smallest absolute Gasteiger partial charge is 0.185 e. The summed E-state index contributed by atoms with van der Waals surface area (Å²) in [6.45, 7) is 11.5. The van der Waals surface area contributed by atoms with Gasteiger partial charge in [0.15, 0.2) is 8.32 Å². The first-order chi connectivity index (χ1) is 14.6. The second kappa shape index (κ2) is 9.83. The Kier molecular flexibility index (Phi) is 7.79. The molecule has 2 aromatic carbocycles. The van der Waals surface area contributed by atoms with Gasteiger partial charge in [0, 0.05) is 16.8 Å². The Morgan fingerprint density at radius 1 is 0.968 bits per heavy atom. The Morgan fingerprint density at radius 2 is 1.42 bits per heavy atom. The zero-order chi connectivity index (χ0) is 22.7. The molecule has 0 bridgehead atoms. The van der Waals surface area contributed by atoms with Crippen LogP contribution in [0.4, 0.5) is 0 Å². The highest BCUT2D eigenvalue weighted by atomic mass is 32.2. The molecular formula is C26H37O2PSSi. The molecule has 0 amide bonds. The van der Waals surface area contributed by atoms with E-state index in [2.05, 4.69) is 45.8 Å². The van der Waals surface area contributed by atoms with Crippen molar-refractivity contribution in [2.45, 2.75) is 51.3 Å². The second-order valence-electron chi connectivity index (χ2n) is 9.81. The molecule has 0 spiro atoms. The van der Waals surface area contributed by atoms with Crippen molar-refractivity contribution in [3.8, 4) is 0 Å². The van der Waals surface area contributed by atoms with Crippen LogP contribution in [-0.4, -0.2) is 25.7 Å². The molecule has 5 heteroatoms. The fraction of sp³-hybridized carbons (Fsp3) is 0.462. The quantitative estimate of drug-likeness (QED) is 0.190. The van der Waals surface area contributed by atoms with Gasteiger partial charge in [0.2, 0.25) is 0 Å². The third kappa shape index (κ3) is 5.47. The largest absolute Gasteiger partial charge is 0.403 e. The lowest BCUT2D eigenvalue weighted by atomic mass is 9.77. The van der Waals surface area contributed by atoms with E-state index in [0.717, 1.165) is 23.5 Å². The van der Waals surface area contributed by atoms with Gasteiger partial charge in [0.1, 0.15) is 12.1 Å². The monoisotopic (exact) mass is 472 g/mol. The van der Waals surface area contributed by atoms with Crippen molar-refractivity contribution in [2.75, 3.05) is 12.4 Å². The van der Waals surface area contributed by atoms with Crippen LogP contribution in [0, 0.1) is 11.8 Å². The first-order valence-electron chi connectivity index (χ1n) is 11.2. The van der Waals surface area contributed by atoms with Crippen molar-refractivity contribution in [3.63, 3.8) is 0 Å². The number of hydrogen-bond acceptors (Lipinski definition) is 3. The van der Waals surface area contributed by atoms with E-state index in [-0.39, 0.29) is 4.93 Å². The van der Waals surface area contributed by atoms with E-state index in [4.69, 9.17) is 4.43 Å². The van der Waals surface area contributed by atoms with Gasteiger partial charge in [0.05, 0.1) is 0 Å². The van der Waals surface area contributed by atoms with Gasteiger partial charge in [0.25, 0.3) is 0 Å².